The Morgan fingerprint density at radius 2 is 1.42 bits per heavy atom. The first-order valence-electron chi connectivity index (χ1n) is 25.7. The molecule has 4 heterocycles. The number of likely N-dealkylation sites (tertiary alicyclic amines) is 1. The van der Waals surface area contributed by atoms with Crippen molar-refractivity contribution in [3.05, 3.63) is 133 Å². The van der Waals surface area contributed by atoms with Crippen LogP contribution in [-0.4, -0.2) is 93.4 Å². The molecule has 0 bridgehead atoms. The highest BCUT2D eigenvalue weighted by Gasteiger charge is 2.34. The van der Waals surface area contributed by atoms with Crippen molar-refractivity contribution in [2.45, 2.75) is 109 Å². The quantitative estimate of drug-likeness (QED) is 0.0465. The van der Waals surface area contributed by atoms with Crippen LogP contribution in [-0.2, 0) is 11.3 Å². The summed E-state index contributed by atoms with van der Waals surface area (Å²) in [5, 5.41) is 19.0. The zero-order valence-corrected chi connectivity index (χ0v) is 42.2. The number of aromatic nitrogens is 4. The summed E-state index contributed by atoms with van der Waals surface area (Å²) in [7, 11) is 0. The number of ether oxygens (including phenoxy) is 2. The van der Waals surface area contributed by atoms with Crippen LogP contribution in [0.4, 0.5) is 23.1 Å². The highest BCUT2D eigenvalue weighted by molar-refractivity contribution is 6.29. The molecule has 2 aliphatic rings. The summed E-state index contributed by atoms with van der Waals surface area (Å²) >= 11 is 5.93. The van der Waals surface area contributed by atoms with Gasteiger partial charge in [-0.2, -0.15) is 0 Å². The summed E-state index contributed by atoms with van der Waals surface area (Å²) < 4.78 is 12.1. The number of benzene rings is 4. The topological polar surface area (TPSA) is 146 Å². The van der Waals surface area contributed by atoms with E-state index in [2.05, 4.69) is 51.1 Å². The molecule has 13 nitrogen and oxygen atoms in total. The summed E-state index contributed by atoms with van der Waals surface area (Å²) in [5.41, 5.74) is 11.5. The Bertz CT molecular complexity index is 2560. The number of hydrogen-bond donors (Lipinski definition) is 2. The van der Waals surface area contributed by atoms with Crippen LogP contribution in [0, 0.1) is 0 Å². The normalized spacial score (nSPS) is 16.5. The monoisotopic (exact) mass is 980 g/mol. The maximum absolute atomic E-state index is 12.6. The smallest absolute Gasteiger partial charge is 0.242 e. The van der Waals surface area contributed by atoms with Crippen molar-refractivity contribution < 1.29 is 19.4 Å². The zero-order valence-electron chi connectivity index (χ0n) is 41.4. The van der Waals surface area contributed by atoms with Crippen molar-refractivity contribution in [2.24, 2.45) is 0 Å². The second kappa shape index (κ2) is 25.6. The van der Waals surface area contributed by atoms with Gasteiger partial charge in [0.25, 0.3) is 0 Å². The van der Waals surface area contributed by atoms with Crippen LogP contribution in [0.5, 0.6) is 23.0 Å². The number of piperidine rings is 1. The van der Waals surface area contributed by atoms with E-state index in [9.17, 15) is 9.90 Å². The lowest BCUT2D eigenvalue weighted by Crippen LogP contribution is -2.58. The molecular formula is C57H70ClN9O4. The summed E-state index contributed by atoms with van der Waals surface area (Å²) in [6.45, 7) is 10.5. The van der Waals surface area contributed by atoms with E-state index in [1.807, 2.05) is 97.1 Å². The van der Waals surface area contributed by atoms with E-state index in [4.69, 9.17) is 36.8 Å². The van der Waals surface area contributed by atoms with Gasteiger partial charge in [-0.3, -0.25) is 4.79 Å². The van der Waals surface area contributed by atoms with E-state index in [0.717, 1.165) is 86.2 Å². The van der Waals surface area contributed by atoms with Gasteiger partial charge in [-0.1, -0.05) is 87.9 Å². The van der Waals surface area contributed by atoms with E-state index in [0.29, 0.717) is 41.9 Å². The molecular weight excluding hydrogens is 910 g/mol. The minimum absolute atomic E-state index is 0.0855. The predicted octanol–water partition coefficient (Wildman–Crippen LogP) is 11.7. The number of nitrogen functional groups attached to an aromatic ring is 1. The van der Waals surface area contributed by atoms with E-state index in [1.165, 1.54) is 57.1 Å². The van der Waals surface area contributed by atoms with Crippen molar-refractivity contribution in [3.63, 3.8) is 0 Å². The van der Waals surface area contributed by atoms with E-state index in [-0.39, 0.29) is 29.6 Å². The van der Waals surface area contributed by atoms with Gasteiger partial charge in [-0.25, -0.2) is 9.97 Å². The number of carbonyl (C=O) groups is 1. The standard InChI is InChI=1S/C57H70ClN9O4/c1-3-46-41-65(53-35-52(62-63-56(53)59)51-19-13-14-20-54(51)68)39-42(2)67(46)57-60-37-45(38-61-57)44-29-32-64(33-30-44)31-15-8-6-4-5-7-9-16-34-70-48-25-27-50(28-26-48)71-49-23-21-47(22-24-49)66(55(69)36-58)40-43-17-11-10-12-18-43/h10-14,17-28,35,37-38,42,44,46,68H,3-9,15-16,29-34,36,39-41H2,1-2H3,(H2,59,63). The molecule has 0 spiro atoms. The number of alkyl halides is 1. The fourth-order valence-electron chi connectivity index (χ4n) is 9.98. The number of amides is 1. The number of unbranched alkanes of at least 4 members (excludes halogenated alkanes) is 7. The lowest BCUT2D eigenvalue weighted by Gasteiger charge is -2.46. The van der Waals surface area contributed by atoms with Crippen molar-refractivity contribution in [3.8, 4) is 34.3 Å². The first-order valence-corrected chi connectivity index (χ1v) is 26.2. The van der Waals surface area contributed by atoms with Gasteiger partial charge in [0.05, 0.1) is 24.5 Å². The Morgan fingerprint density at radius 3 is 2.10 bits per heavy atom. The number of carbonyl (C=O) groups excluding carboxylic acids is 1. The first kappa shape index (κ1) is 50.9. The summed E-state index contributed by atoms with van der Waals surface area (Å²) in [4.78, 5) is 31.5. The molecule has 2 atom stereocenters. The van der Waals surface area contributed by atoms with Gasteiger partial charge in [0.1, 0.15) is 28.9 Å². The number of nitrogens with zero attached hydrogens (tertiary/aromatic N) is 8. The van der Waals surface area contributed by atoms with Gasteiger partial charge in [0, 0.05) is 48.8 Å². The van der Waals surface area contributed by atoms with Crippen molar-refractivity contribution in [2.75, 3.05) is 65.6 Å². The Kier molecular flexibility index (Phi) is 18.4. The number of halogens is 1. The third-order valence-corrected chi connectivity index (χ3v) is 14.2. The highest BCUT2D eigenvalue weighted by Crippen LogP contribution is 2.35. The maximum atomic E-state index is 12.6. The average molecular weight is 981 g/mol. The summed E-state index contributed by atoms with van der Waals surface area (Å²) in [6.07, 6.45) is 17.3. The van der Waals surface area contributed by atoms with Gasteiger partial charge in [0.2, 0.25) is 11.9 Å². The first-order chi connectivity index (χ1) is 34.8. The molecule has 0 aliphatic carbocycles. The van der Waals surface area contributed by atoms with Crippen LogP contribution in [0.3, 0.4) is 0 Å². The lowest BCUT2D eigenvalue weighted by molar-refractivity contribution is -0.116. The summed E-state index contributed by atoms with van der Waals surface area (Å²) in [5.74, 6) is 3.85. The Hall–Kier alpha value is -6.44. The maximum Gasteiger partial charge on any atom is 0.242 e. The molecule has 2 saturated heterocycles. The predicted molar refractivity (Wildman–Crippen MR) is 286 cm³/mol. The number of hydrogen-bond acceptors (Lipinski definition) is 12. The average Bonchev–Trinajstić information content (AvgIpc) is 3.40. The Labute approximate surface area is 425 Å². The van der Waals surface area contributed by atoms with Crippen LogP contribution < -0.4 is 29.9 Å². The zero-order chi connectivity index (χ0) is 49.4. The van der Waals surface area contributed by atoms with Gasteiger partial charge in [-0.05, 0) is 142 Å². The summed E-state index contributed by atoms with van der Waals surface area (Å²) in [6, 6.07) is 34.6. The molecule has 3 N–H and O–H groups in total. The number of phenolic OH excluding ortho intramolecular Hbond substituents is 1. The molecule has 8 rings (SSSR count). The molecule has 6 aromatic rings. The van der Waals surface area contributed by atoms with Gasteiger partial charge < -0.3 is 39.9 Å². The lowest BCUT2D eigenvalue weighted by atomic mass is 9.91. The van der Waals surface area contributed by atoms with Crippen molar-refractivity contribution >= 4 is 40.6 Å². The minimum atomic E-state index is -0.151. The van der Waals surface area contributed by atoms with Gasteiger partial charge in [-0.15, -0.1) is 21.8 Å². The largest absolute Gasteiger partial charge is 0.507 e. The fourth-order valence-corrected chi connectivity index (χ4v) is 10.1. The second-order valence-corrected chi connectivity index (χ2v) is 19.3. The number of para-hydroxylation sites is 1. The fraction of sp³-hybridized carbons (Fsp3) is 0.421. The molecule has 14 heteroatoms. The van der Waals surface area contributed by atoms with Crippen LogP contribution in [0.25, 0.3) is 11.3 Å². The number of phenols is 1. The number of nitrogens with two attached hydrogens (primary N) is 1. The highest BCUT2D eigenvalue weighted by atomic mass is 35.5. The van der Waals surface area contributed by atoms with E-state index in [1.54, 1.807) is 17.0 Å². The number of anilines is 4. The van der Waals surface area contributed by atoms with Gasteiger partial charge >= 0.3 is 0 Å². The molecule has 374 valence electrons. The minimum Gasteiger partial charge on any atom is -0.507 e. The molecule has 1 amide bonds. The molecule has 2 unspecified atom stereocenters. The Morgan fingerprint density at radius 1 is 0.789 bits per heavy atom. The van der Waals surface area contributed by atoms with E-state index >= 15 is 0 Å². The van der Waals surface area contributed by atoms with Crippen LogP contribution in [0.2, 0.25) is 0 Å². The molecule has 0 saturated carbocycles. The Balaban J connectivity index is 0.666. The number of rotatable bonds is 23. The molecule has 2 aromatic heterocycles. The number of aromatic hydroxyl groups is 1. The van der Waals surface area contributed by atoms with Crippen LogP contribution in [0.15, 0.2) is 122 Å². The molecule has 0 radical (unpaired) electrons. The molecule has 2 aliphatic heterocycles. The second-order valence-electron chi connectivity index (χ2n) is 19.0. The molecule has 4 aromatic carbocycles. The number of piperazine rings is 1. The van der Waals surface area contributed by atoms with Crippen molar-refractivity contribution in [1.29, 1.82) is 0 Å². The third kappa shape index (κ3) is 13.9. The van der Waals surface area contributed by atoms with Crippen LogP contribution >= 0.6 is 11.6 Å². The SMILES string of the molecule is CCC1CN(c2cc(-c3ccccc3O)nnc2N)CC(C)N1c1ncc(C2CCN(CCCCCCCCCCOc3ccc(Oc4ccc(N(Cc5ccccc5)C(=O)CCl)cc4)cc3)CC2)cn1. The molecule has 71 heavy (non-hydrogen) atoms. The molecule has 2 fully saturated rings. The van der Waals surface area contributed by atoms with E-state index < -0.39 is 0 Å². The third-order valence-electron chi connectivity index (χ3n) is 14.0. The van der Waals surface area contributed by atoms with Crippen molar-refractivity contribution in [1.82, 2.24) is 25.1 Å². The van der Waals surface area contributed by atoms with Gasteiger partial charge in [0.15, 0.2) is 5.82 Å². The van der Waals surface area contributed by atoms with Crippen LogP contribution in [0.1, 0.15) is 102 Å².